The summed E-state index contributed by atoms with van der Waals surface area (Å²) in [6, 6.07) is 18.4. The Morgan fingerprint density at radius 3 is 2.58 bits per heavy atom. The van der Waals surface area contributed by atoms with Gasteiger partial charge in [0.05, 0.1) is 35.2 Å². The van der Waals surface area contributed by atoms with Crippen LogP contribution in [0, 0.1) is 17.1 Å². The summed E-state index contributed by atoms with van der Waals surface area (Å²) in [5.74, 6) is -1.07. The van der Waals surface area contributed by atoms with Gasteiger partial charge in [-0.25, -0.2) is 4.39 Å². The van der Waals surface area contributed by atoms with Crippen molar-refractivity contribution in [2.75, 3.05) is 26.7 Å². The Morgan fingerprint density at radius 2 is 1.98 bits per heavy atom. The topological polar surface area (TPSA) is 101 Å². The third-order valence-electron chi connectivity index (χ3n) is 8.79. The van der Waals surface area contributed by atoms with Crippen molar-refractivity contribution in [2.45, 2.75) is 49.8 Å². The van der Waals surface area contributed by atoms with Gasteiger partial charge in [0.1, 0.15) is 17.5 Å². The fraction of sp³-hybridized carbons (Fsp3) is 0.364. The van der Waals surface area contributed by atoms with E-state index >= 15 is 4.39 Å². The van der Waals surface area contributed by atoms with Gasteiger partial charge in [0.15, 0.2) is 0 Å². The normalized spacial score (nSPS) is 24.3. The second kappa shape index (κ2) is 11.4. The molecule has 10 heteroatoms. The lowest BCUT2D eigenvalue weighted by Gasteiger charge is -2.41. The molecule has 0 saturated carbocycles. The number of rotatable bonds is 8. The Hall–Kier alpha value is -3.81. The van der Waals surface area contributed by atoms with Crippen molar-refractivity contribution in [3.63, 3.8) is 0 Å². The van der Waals surface area contributed by atoms with Gasteiger partial charge in [-0.05, 0) is 66.9 Å². The number of halogens is 2. The van der Waals surface area contributed by atoms with Crippen LogP contribution in [0.15, 0.2) is 65.7 Å². The zero-order valence-corrected chi connectivity index (χ0v) is 24.8. The Morgan fingerprint density at radius 1 is 1.23 bits per heavy atom. The summed E-state index contributed by atoms with van der Waals surface area (Å²) in [5.41, 5.74) is -0.764. The van der Waals surface area contributed by atoms with Crippen LogP contribution >= 0.6 is 11.6 Å². The van der Waals surface area contributed by atoms with Crippen molar-refractivity contribution >= 4 is 23.8 Å². The minimum absolute atomic E-state index is 0.0898. The molecule has 8 nitrogen and oxygen atoms in total. The second-order valence-corrected chi connectivity index (χ2v) is 11.9. The number of likely N-dealkylation sites (N-methyl/N-ethyl adjacent to an activating group) is 1. The number of hydrogen-bond acceptors (Lipinski definition) is 7. The molecule has 1 saturated heterocycles. The number of amides is 1. The first-order valence-corrected chi connectivity index (χ1v) is 14.8. The Balaban J connectivity index is 1.56. The second-order valence-electron chi connectivity index (χ2n) is 11.5. The summed E-state index contributed by atoms with van der Waals surface area (Å²) in [5, 5.41) is 25.0. The Labute approximate surface area is 255 Å². The minimum Gasteiger partial charge on any atom is -0.383 e. The van der Waals surface area contributed by atoms with E-state index in [1.807, 2.05) is 18.9 Å². The number of carbonyl (C=O) groups is 1. The van der Waals surface area contributed by atoms with Crippen molar-refractivity contribution in [3.05, 3.63) is 105 Å². The van der Waals surface area contributed by atoms with E-state index in [4.69, 9.17) is 16.3 Å². The SMILES string of the molecule is CCC(O)(c1cc(F)c2c(c1)C(=O)N(Cc1ccc(C#N)cc1)[C@@]2(O[C@H]1CCNC1)c1ccc(Cl)cc1)C1CN(C)C=N1. The molecule has 0 aromatic heterocycles. The summed E-state index contributed by atoms with van der Waals surface area (Å²) in [4.78, 5) is 22.4. The van der Waals surface area contributed by atoms with E-state index in [9.17, 15) is 15.2 Å². The molecule has 3 aliphatic heterocycles. The third-order valence-corrected chi connectivity index (χ3v) is 9.04. The maximum absolute atomic E-state index is 16.8. The Bertz CT molecular complexity index is 1600. The average Bonchev–Trinajstić information content (AvgIpc) is 3.75. The predicted molar refractivity (Wildman–Crippen MR) is 161 cm³/mol. The number of benzene rings is 3. The number of hydrogen-bond donors (Lipinski definition) is 2. The van der Waals surface area contributed by atoms with Crippen LogP contribution in [-0.2, 0) is 22.6 Å². The van der Waals surface area contributed by atoms with Crippen molar-refractivity contribution in [1.82, 2.24) is 15.1 Å². The van der Waals surface area contributed by atoms with Gasteiger partial charge in [-0.3, -0.25) is 14.7 Å². The van der Waals surface area contributed by atoms with E-state index in [0.717, 1.165) is 12.1 Å². The van der Waals surface area contributed by atoms with Gasteiger partial charge in [0.25, 0.3) is 5.91 Å². The molecule has 1 fully saturated rings. The fourth-order valence-corrected chi connectivity index (χ4v) is 6.57. The first-order valence-electron chi connectivity index (χ1n) is 14.5. The van der Waals surface area contributed by atoms with E-state index in [1.54, 1.807) is 65.8 Å². The molecule has 6 rings (SSSR count). The molecule has 0 bridgehead atoms. The maximum Gasteiger partial charge on any atom is 0.257 e. The van der Waals surface area contributed by atoms with Gasteiger partial charge in [0, 0.05) is 37.3 Å². The number of aliphatic hydroxyl groups is 1. The zero-order chi connectivity index (χ0) is 30.4. The molecule has 1 amide bonds. The lowest BCUT2D eigenvalue weighted by molar-refractivity contribution is -0.143. The summed E-state index contributed by atoms with van der Waals surface area (Å²) in [7, 11) is 1.86. The smallest absolute Gasteiger partial charge is 0.257 e. The van der Waals surface area contributed by atoms with E-state index in [1.165, 1.54) is 6.07 Å². The van der Waals surface area contributed by atoms with Crippen LogP contribution in [0.2, 0.25) is 5.02 Å². The van der Waals surface area contributed by atoms with Crippen molar-refractivity contribution in [2.24, 2.45) is 4.99 Å². The number of nitrogens with zero attached hydrogens (tertiary/aromatic N) is 4. The first kappa shape index (κ1) is 29.3. The van der Waals surface area contributed by atoms with Crippen LogP contribution in [0.25, 0.3) is 0 Å². The number of nitriles is 1. The lowest BCUT2D eigenvalue weighted by atomic mass is 9.81. The monoisotopic (exact) mass is 601 g/mol. The molecule has 3 aromatic rings. The number of fused-ring (bicyclic) bond motifs is 1. The van der Waals surface area contributed by atoms with Crippen LogP contribution in [0.3, 0.4) is 0 Å². The molecule has 3 heterocycles. The molecule has 2 unspecified atom stereocenters. The van der Waals surface area contributed by atoms with Gasteiger partial charge in [-0.1, -0.05) is 42.8 Å². The van der Waals surface area contributed by atoms with Gasteiger partial charge >= 0.3 is 0 Å². The molecule has 43 heavy (non-hydrogen) atoms. The van der Waals surface area contributed by atoms with Gasteiger partial charge in [0.2, 0.25) is 5.72 Å². The lowest BCUT2D eigenvalue weighted by Crippen LogP contribution is -2.49. The molecule has 3 aliphatic rings. The summed E-state index contributed by atoms with van der Waals surface area (Å²) in [6.45, 7) is 3.66. The van der Waals surface area contributed by atoms with Gasteiger partial charge < -0.3 is 20.1 Å². The number of aliphatic imine (C=N–C) groups is 1. The minimum atomic E-state index is -1.61. The maximum atomic E-state index is 16.8. The summed E-state index contributed by atoms with van der Waals surface area (Å²) in [6.07, 6.45) is 2.32. The van der Waals surface area contributed by atoms with Crippen molar-refractivity contribution in [3.8, 4) is 6.07 Å². The number of ether oxygens (including phenoxy) is 1. The third kappa shape index (κ3) is 4.98. The van der Waals surface area contributed by atoms with Crippen molar-refractivity contribution in [1.29, 1.82) is 5.26 Å². The van der Waals surface area contributed by atoms with Crippen LogP contribution < -0.4 is 5.32 Å². The van der Waals surface area contributed by atoms with E-state index in [2.05, 4.69) is 16.4 Å². The van der Waals surface area contributed by atoms with Gasteiger partial charge in [-0.2, -0.15) is 5.26 Å². The highest BCUT2D eigenvalue weighted by atomic mass is 35.5. The molecule has 222 valence electrons. The predicted octanol–water partition coefficient (Wildman–Crippen LogP) is 4.53. The largest absolute Gasteiger partial charge is 0.383 e. The standard InChI is InChI=1S/C33H33ClFN5O3/c1-3-32(42,29-19-39(2)20-38-29)24-14-27-30(28(35)15-24)33(43-26-12-13-37-17-26,23-8-10-25(34)11-9-23)40(31(27)41)18-22-6-4-21(16-36)5-7-22/h4-11,14-15,20,26,29,37,42H,3,12-13,17-19H2,1-2H3/t26-,29?,32?,33+/m0/s1. The zero-order valence-electron chi connectivity index (χ0n) is 24.1. The molecular weight excluding hydrogens is 569 g/mol. The summed E-state index contributed by atoms with van der Waals surface area (Å²) >= 11 is 6.27. The quantitative estimate of drug-likeness (QED) is 0.394. The molecule has 0 aliphatic carbocycles. The number of carbonyl (C=O) groups excluding carboxylic acids is 1. The summed E-state index contributed by atoms with van der Waals surface area (Å²) < 4.78 is 23.7. The number of nitrogens with one attached hydrogen (secondary N) is 1. The average molecular weight is 602 g/mol. The van der Waals surface area contributed by atoms with E-state index in [0.29, 0.717) is 41.2 Å². The molecule has 3 aromatic carbocycles. The highest BCUT2D eigenvalue weighted by molar-refractivity contribution is 6.30. The van der Waals surface area contributed by atoms with Crippen LogP contribution in [-0.4, -0.2) is 66.0 Å². The first-order chi connectivity index (χ1) is 20.7. The molecule has 0 radical (unpaired) electrons. The van der Waals surface area contributed by atoms with Crippen LogP contribution in [0.4, 0.5) is 4.39 Å². The van der Waals surface area contributed by atoms with Crippen molar-refractivity contribution < 1.29 is 19.0 Å². The fourth-order valence-electron chi connectivity index (χ4n) is 6.45. The Kier molecular flexibility index (Phi) is 7.73. The van der Waals surface area contributed by atoms with Crippen LogP contribution in [0.1, 0.15) is 57.9 Å². The molecule has 2 N–H and O–H groups in total. The van der Waals surface area contributed by atoms with Crippen LogP contribution in [0.5, 0.6) is 0 Å². The highest BCUT2D eigenvalue weighted by Gasteiger charge is 2.56. The molecule has 0 spiro atoms. The van der Waals surface area contributed by atoms with E-state index in [-0.39, 0.29) is 30.2 Å². The van der Waals surface area contributed by atoms with E-state index < -0.39 is 29.1 Å². The van der Waals surface area contributed by atoms with Gasteiger partial charge in [-0.15, -0.1) is 0 Å². The highest BCUT2D eigenvalue weighted by Crippen LogP contribution is 2.50. The molecule has 4 atom stereocenters. The molecular formula is C33H33ClFN5O3.